The highest BCUT2D eigenvalue weighted by Crippen LogP contribution is 2.25. The van der Waals surface area contributed by atoms with Gasteiger partial charge in [-0.05, 0) is 80.9 Å². The maximum Gasteiger partial charge on any atom is 0.419 e. The highest BCUT2D eigenvalue weighted by Gasteiger charge is 2.22. The number of ether oxygens (including phenoxy) is 2. The summed E-state index contributed by atoms with van der Waals surface area (Å²) in [6.45, 7) is 12.3. The Balaban J connectivity index is 1.66. The van der Waals surface area contributed by atoms with Crippen molar-refractivity contribution >= 4 is 55.4 Å². The maximum atomic E-state index is 13.7. The first kappa shape index (κ1) is 37.6. The van der Waals surface area contributed by atoms with Gasteiger partial charge in [0, 0.05) is 38.0 Å². The Hall–Kier alpha value is -5.21. The van der Waals surface area contributed by atoms with Crippen LogP contribution in [0.15, 0.2) is 72.7 Å². The molecule has 1 N–H and O–H groups in total. The fourth-order valence-corrected chi connectivity index (χ4v) is 5.44. The maximum absolute atomic E-state index is 13.7. The predicted molar refractivity (Wildman–Crippen MR) is 189 cm³/mol. The Morgan fingerprint density at radius 2 is 1.80 bits per heavy atom. The molecule has 2 aromatic heterocycles. The van der Waals surface area contributed by atoms with E-state index in [1.165, 1.54) is 51.0 Å². The SMILES string of the molecule is CC(C)(C)OC(=O)n1c(/C=C/C(=C\N(C=O)COCC[Si](C)(C)C)C(=O)Nc2cnn(Cc3ccc(F)c(F)c3)c2)cc2cc(C=O)ccc21. The van der Waals surface area contributed by atoms with Gasteiger partial charge >= 0.3 is 6.09 Å². The number of amides is 2. The lowest BCUT2D eigenvalue weighted by molar-refractivity contribution is -0.119. The summed E-state index contributed by atoms with van der Waals surface area (Å²) in [5.41, 5.74) is 1.22. The number of nitrogens with zero attached hydrogens (tertiary/aromatic N) is 4. The van der Waals surface area contributed by atoms with Crippen molar-refractivity contribution in [3.8, 4) is 0 Å². The number of benzene rings is 2. The van der Waals surface area contributed by atoms with Gasteiger partial charge in [0.1, 0.15) is 18.6 Å². The van der Waals surface area contributed by atoms with Crippen molar-refractivity contribution < 1.29 is 37.4 Å². The first-order chi connectivity index (χ1) is 23.5. The van der Waals surface area contributed by atoms with E-state index in [1.807, 2.05) is 0 Å². The summed E-state index contributed by atoms with van der Waals surface area (Å²) in [5.74, 6) is -2.56. The van der Waals surface area contributed by atoms with Crippen LogP contribution in [0, 0.1) is 11.6 Å². The van der Waals surface area contributed by atoms with E-state index in [9.17, 15) is 28.0 Å². The molecule has 0 aliphatic rings. The van der Waals surface area contributed by atoms with Gasteiger partial charge < -0.3 is 14.8 Å². The number of aldehydes is 1. The van der Waals surface area contributed by atoms with Crippen molar-refractivity contribution in [2.45, 2.75) is 58.6 Å². The molecule has 4 aromatic rings. The van der Waals surface area contributed by atoms with Crippen molar-refractivity contribution in [3.63, 3.8) is 0 Å². The van der Waals surface area contributed by atoms with Gasteiger partial charge in [-0.15, -0.1) is 0 Å². The quantitative estimate of drug-likeness (QED) is 0.0372. The summed E-state index contributed by atoms with van der Waals surface area (Å²) in [6.07, 6.45) is 7.76. The summed E-state index contributed by atoms with van der Waals surface area (Å²) in [6, 6.07) is 10.9. The van der Waals surface area contributed by atoms with E-state index in [0.717, 1.165) is 18.2 Å². The molecule has 0 aliphatic heterocycles. The molecule has 2 aromatic carbocycles. The predicted octanol–water partition coefficient (Wildman–Crippen LogP) is 7.07. The zero-order chi connectivity index (χ0) is 36.6. The number of carbonyl (C=O) groups excluding carboxylic acids is 4. The monoisotopic (exact) mass is 705 g/mol. The van der Waals surface area contributed by atoms with Gasteiger partial charge in [0.2, 0.25) is 6.41 Å². The Labute approximate surface area is 290 Å². The van der Waals surface area contributed by atoms with Gasteiger partial charge in [0.15, 0.2) is 11.6 Å². The number of nitrogens with one attached hydrogen (secondary N) is 1. The van der Waals surface area contributed by atoms with Crippen molar-refractivity contribution in [2.75, 3.05) is 18.7 Å². The van der Waals surface area contributed by atoms with Crippen LogP contribution in [0.5, 0.6) is 0 Å². The molecule has 0 radical (unpaired) electrons. The first-order valence-electron chi connectivity index (χ1n) is 15.9. The minimum atomic E-state index is -1.39. The normalized spacial score (nSPS) is 12.4. The molecule has 0 unspecified atom stereocenters. The fraction of sp³-hybridized carbons (Fsp3) is 0.306. The summed E-state index contributed by atoms with van der Waals surface area (Å²) in [7, 11) is -1.39. The molecule has 14 heteroatoms. The molecule has 50 heavy (non-hydrogen) atoms. The van der Waals surface area contributed by atoms with Crippen LogP contribution in [0.25, 0.3) is 17.0 Å². The molecule has 0 fully saturated rings. The van der Waals surface area contributed by atoms with Crippen molar-refractivity contribution in [1.82, 2.24) is 19.2 Å². The zero-order valence-electron chi connectivity index (χ0n) is 28.9. The van der Waals surface area contributed by atoms with Gasteiger partial charge in [-0.1, -0.05) is 25.7 Å². The minimum absolute atomic E-state index is 0.0221. The standard InChI is InChI=1S/C36H41F2N5O6Si/c1-36(2,3)49-35(47)43-30(17-28-15-26(22-44)8-12-33(28)43)10-9-27(20-41(23-45)24-48-13-14-50(4,5)6)34(46)40-29-18-39-42(21-29)19-25-7-11-31(37)32(38)16-25/h7-12,15-18,20-23H,13-14,19,24H2,1-6H3,(H,40,46)/b10-9+,27-20+. The Morgan fingerprint density at radius 3 is 2.46 bits per heavy atom. The van der Waals surface area contributed by atoms with Crippen LogP contribution in [-0.4, -0.2) is 71.0 Å². The average molecular weight is 706 g/mol. The number of aromatic nitrogens is 3. The molecule has 2 heterocycles. The molecular weight excluding hydrogens is 665 g/mol. The average Bonchev–Trinajstić information content (AvgIpc) is 3.63. The first-order valence-corrected chi connectivity index (χ1v) is 19.6. The third-order valence-corrected chi connectivity index (χ3v) is 8.86. The summed E-state index contributed by atoms with van der Waals surface area (Å²) in [4.78, 5) is 51.8. The number of hydrogen-bond donors (Lipinski definition) is 1. The molecule has 4 rings (SSSR count). The Kier molecular flexibility index (Phi) is 12.0. The van der Waals surface area contributed by atoms with Crippen LogP contribution in [0.3, 0.4) is 0 Å². The molecule has 264 valence electrons. The van der Waals surface area contributed by atoms with Crippen molar-refractivity contribution in [3.05, 3.63) is 101 Å². The number of rotatable bonds is 14. The van der Waals surface area contributed by atoms with E-state index in [2.05, 4.69) is 30.1 Å². The molecule has 0 atom stereocenters. The number of halogens is 2. The number of anilines is 1. The summed E-state index contributed by atoms with van der Waals surface area (Å²) < 4.78 is 41.2. The molecular formula is C36H41F2N5O6Si. The molecule has 0 saturated heterocycles. The van der Waals surface area contributed by atoms with Crippen LogP contribution in [0.1, 0.15) is 42.4 Å². The Bertz CT molecular complexity index is 1940. The molecule has 0 saturated carbocycles. The van der Waals surface area contributed by atoms with E-state index in [4.69, 9.17) is 9.47 Å². The van der Waals surface area contributed by atoms with Gasteiger partial charge in [-0.2, -0.15) is 5.10 Å². The van der Waals surface area contributed by atoms with E-state index < -0.39 is 37.3 Å². The van der Waals surface area contributed by atoms with Gasteiger partial charge in [-0.25, -0.2) is 18.1 Å². The van der Waals surface area contributed by atoms with Gasteiger partial charge in [-0.3, -0.25) is 24.0 Å². The molecule has 0 spiro atoms. The van der Waals surface area contributed by atoms with Crippen LogP contribution in [0.2, 0.25) is 25.7 Å². The van der Waals surface area contributed by atoms with E-state index in [0.29, 0.717) is 52.7 Å². The lowest BCUT2D eigenvalue weighted by atomic mass is 10.1. The number of fused-ring (bicyclic) bond motifs is 1. The van der Waals surface area contributed by atoms with Crippen LogP contribution < -0.4 is 5.32 Å². The third-order valence-electron chi connectivity index (χ3n) is 7.16. The Morgan fingerprint density at radius 1 is 1.04 bits per heavy atom. The third kappa shape index (κ3) is 10.6. The second-order valence-electron chi connectivity index (χ2n) is 13.8. The highest BCUT2D eigenvalue weighted by molar-refractivity contribution is 6.76. The molecule has 11 nitrogen and oxygen atoms in total. The van der Waals surface area contributed by atoms with Crippen molar-refractivity contribution in [2.24, 2.45) is 0 Å². The zero-order valence-corrected chi connectivity index (χ0v) is 29.9. The van der Waals surface area contributed by atoms with E-state index >= 15 is 0 Å². The molecule has 2 amide bonds. The smallest absolute Gasteiger partial charge is 0.419 e. The van der Waals surface area contributed by atoms with Gasteiger partial charge in [0.05, 0.1) is 35.2 Å². The largest absolute Gasteiger partial charge is 0.443 e. The molecule has 0 aliphatic carbocycles. The van der Waals surface area contributed by atoms with Crippen LogP contribution in [0.4, 0.5) is 19.3 Å². The van der Waals surface area contributed by atoms with E-state index in [-0.39, 0.29) is 18.8 Å². The van der Waals surface area contributed by atoms with Crippen LogP contribution >= 0.6 is 0 Å². The van der Waals surface area contributed by atoms with E-state index in [1.54, 1.807) is 45.0 Å². The molecule has 0 bridgehead atoms. The lowest BCUT2D eigenvalue weighted by Gasteiger charge is -2.20. The second-order valence-corrected chi connectivity index (χ2v) is 19.5. The summed E-state index contributed by atoms with van der Waals surface area (Å²) >= 11 is 0. The lowest BCUT2D eigenvalue weighted by Crippen LogP contribution is -2.27. The fourth-order valence-electron chi connectivity index (χ4n) is 4.68. The number of carbonyl (C=O) groups is 4. The summed E-state index contributed by atoms with van der Waals surface area (Å²) in [5, 5.41) is 7.53. The van der Waals surface area contributed by atoms with Crippen molar-refractivity contribution in [1.29, 1.82) is 0 Å². The van der Waals surface area contributed by atoms with Gasteiger partial charge in [0.25, 0.3) is 5.91 Å². The number of hydrogen-bond acceptors (Lipinski definition) is 7. The minimum Gasteiger partial charge on any atom is -0.443 e. The second kappa shape index (κ2) is 16.0. The highest BCUT2D eigenvalue weighted by atomic mass is 28.3. The van der Waals surface area contributed by atoms with Crippen LogP contribution in [-0.2, 0) is 25.6 Å². The topological polar surface area (TPSA) is 125 Å².